The predicted octanol–water partition coefficient (Wildman–Crippen LogP) is 2.57. The summed E-state index contributed by atoms with van der Waals surface area (Å²) in [5.41, 5.74) is 2.46. The summed E-state index contributed by atoms with van der Waals surface area (Å²) in [6, 6.07) is 8.72. The summed E-state index contributed by atoms with van der Waals surface area (Å²) >= 11 is 0. The number of nitrogens with zero attached hydrogens (tertiary/aromatic N) is 2. The molecule has 2 fully saturated rings. The smallest absolute Gasteiger partial charge is 0.227 e. The molecule has 1 aromatic rings. The summed E-state index contributed by atoms with van der Waals surface area (Å²) in [6.07, 6.45) is 3.77. The van der Waals surface area contributed by atoms with Crippen LogP contribution in [0.25, 0.3) is 0 Å². The minimum atomic E-state index is 0.175. The van der Waals surface area contributed by atoms with Crippen molar-refractivity contribution < 1.29 is 9.53 Å². The minimum Gasteiger partial charge on any atom is -0.381 e. The van der Waals surface area contributed by atoms with Crippen LogP contribution in [-0.4, -0.2) is 56.7 Å². The van der Waals surface area contributed by atoms with Crippen LogP contribution >= 0.6 is 0 Å². The number of anilines is 1. The van der Waals surface area contributed by atoms with Crippen molar-refractivity contribution in [2.75, 3.05) is 45.3 Å². The zero-order valence-electron chi connectivity index (χ0n) is 15.8. The average Bonchev–Trinajstić information content (AvgIpc) is 3.06. The van der Waals surface area contributed by atoms with Gasteiger partial charge in [-0.05, 0) is 58.0 Å². The lowest BCUT2D eigenvalue weighted by Crippen LogP contribution is -2.55. The Balaban J connectivity index is 1.61. The second-order valence-electron chi connectivity index (χ2n) is 7.57. The van der Waals surface area contributed by atoms with Crippen LogP contribution in [0, 0.1) is 0 Å². The van der Waals surface area contributed by atoms with Crippen LogP contribution in [0.15, 0.2) is 24.3 Å². The summed E-state index contributed by atoms with van der Waals surface area (Å²) in [4.78, 5) is 16.1. The fraction of sp³-hybridized carbons (Fsp3) is 0.650. The first kappa shape index (κ1) is 18.4. The van der Waals surface area contributed by atoms with E-state index in [9.17, 15) is 4.79 Å². The molecule has 0 aromatic heterocycles. The molecule has 2 saturated heterocycles. The summed E-state index contributed by atoms with van der Waals surface area (Å²) in [6.45, 7) is 5.69. The van der Waals surface area contributed by atoms with E-state index in [-0.39, 0.29) is 17.5 Å². The summed E-state index contributed by atoms with van der Waals surface area (Å²) in [5, 5.41) is 3.71. The number of likely N-dealkylation sites (N-methyl/N-ethyl adjacent to an activating group) is 1. The van der Waals surface area contributed by atoms with Crippen LogP contribution in [0.1, 0.15) is 44.2 Å². The van der Waals surface area contributed by atoms with Crippen molar-refractivity contribution in [1.82, 2.24) is 10.2 Å². The first-order valence-corrected chi connectivity index (χ1v) is 9.41. The molecule has 3 rings (SSSR count). The van der Waals surface area contributed by atoms with E-state index < -0.39 is 0 Å². The first-order chi connectivity index (χ1) is 12.0. The predicted molar refractivity (Wildman–Crippen MR) is 101 cm³/mol. The molecule has 0 aliphatic carbocycles. The highest BCUT2D eigenvalue weighted by Gasteiger charge is 2.34. The Bertz CT molecular complexity index is 579. The lowest BCUT2D eigenvalue weighted by molar-refractivity contribution is -0.117. The van der Waals surface area contributed by atoms with Crippen molar-refractivity contribution in [2.24, 2.45) is 0 Å². The minimum absolute atomic E-state index is 0.175. The van der Waals surface area contributed by atoms with Gasteiger partial charge in [-0.3, -0.25) is 4.79 Å². The molecule has 138 valence electrons. The van der Waals surface area contributed by atoms with Gasteiger partial charge in [-0.15, -0.1) is 0 Å². The van der Waals surface area contributed by atoms with E-state index in [1.165, 1.54) is 5.56 Å². The number of ether oxygens (including phenoxy) is 1. The Kier molecular flexibility index (Phi) is 5.77. The molecule has 2 aliphatic rings. The molecule has 0 spiro atoms. The van der Waals surface area contributed by atoms with E-state index in [1.807, 2.05) is 4.90 Å². The fourth-order valence-corrected chi connectivity index (χ4v) is 3.86. The Morgan fingerprint density at radius 2 is 1.92 bits per heavy atom. The van der Waals surface area contributed by atoms with Crippen molar-refractivity contribution in [2.45, 2.75) is 44.2 Å². The van der Waals surface area contributed by atoms with Crippen molar-refractivity contribution >= 4 is 11.6 Å². The van der Waals surface area contributed by atoms with E-state index in [4.69, 9.17) is 4.74 Å². The summed E-state index contributed by atoms with van der Waals surface area (Å²) < 4.78 is 5.55. The Hall–Kier alpha value is -1.43. The van der Waals surface area contributed by atoms with Gasteiger partial charge in [0.25, 0.3) is 0 Å². The number of nitrogens with one attached hydrogen (secondary N) is 1. The number of benzene rings is 1. The highest BCUT2D eigenvalue weighted by molar-refractivity contribution is 5.95. The van der Waals surface area contributed by atoms with Gasteiger partial charge in [-0.1, -0.05) is 12.1 Å². The molecule has 2 heterocycles. The Morgan fingerprint density at radius 3 is 2.48 bits per heavy atom. The molecule has 5 heteroatoms. The lowest BCUT2D eigenvalue weighted by atomic mass is 9.88. The van der Waals surface area contributed by atoms with Crippen LogP contribution in [-0.2, 0) is 9.53 Å². The number of hydrogen-bond donors (Lipinski definition) is 1. The van der Waals surface area contributed by atoms with Gasteiger partial charge < -0.3 is 19.9 Å². The number of carbonyl (C=O) groups excluding carboxylic acids is 1. The summed E-state index contributed by atoms with van der Waals surface area (Å²) in [7, 11) is 4.33. The molecule has 5 nitrogen and oxygen atoms in total. The van der Waals surface area contributed by atoms with Gasteiger partial charge in [0, 0.05) is 50.0 Å². The molecule has 1 amide bonds. The number of carbonyl (C=O) groups is 1. The van der Waals surface area contributed by atoms with E-state index in [0.29, 0.717) is 6.42 Å². The molecule has 0 bridgehead atoms. The van der Waals surface area contributed by atoms with Crippen molar-refractivity contribution in [3.8, 4) is 0 Å². The van der Waals surface area contributed by atoms with Crippen LogP contribution in [0.3, 0.4) is 0 Å². The maximum absolute atomic E-state index is 11.9. The number of hydrogen-bond acceptors (Lipinski definition) is 4. The second kappa shape index (κ2) is 7.85. The monoisotopic (exact) mass is 345 g/mol. The molecule has 1 N–H and O–H groups in total. The molecule has 25 heavy (non-hydrogen) atoms. The third kappa shape index (κ3) is 4.05. The van der Waals surface area contributed by atoms with Crippen molar-refractivity contribution in [1.29, 1.82) is 0 Å². The van der Waals surface area contributed by atoms with Gasteiger partial charge in [-0.25, -0.2) is 0 Å². The van der Waals surface area contributed by atoms with Crippen LogP contribution in [0.2, 0.25) is 0 Å². The first-order valence-electron chi connectivity index (χ1n) is 9.41. The number of rotatable bonds is 6. The Labute approximate surface area is 151 Å². The molecule has 1 aromatic carbocycles. The maximum atomic E-state index is 11.9. The highest BCUT2D eigenvalue weighted by Crippen LogP contribution is 2.27. The van der Waals surface area contributed by atoms with Crippen LogP contribution < -0.4 is 10.2 Å². The molecular weight excluding hydrogens is 314 g/mol. The average molecular weight is 345 g/mol. The molecule has 0 radical (unpaired) electrons. The maximum Gasteiger partial charge on any atom is 0.227 e. The molecule has 0 unspecified atom stereocenters. The standard InChI is InChI=1S/C20H31N3O2/c1-16(21-15-20(22(2)3)10-13-25-14-11-20)17-6-8-18(9-7-17)23-12-4-5-19(23)24/h6-9,16,21H,4-5,10-15H2,1-3H3/t16-/m0/s1. The number of amides is 1. The van der Waals surface area contributed by atoms with Crippen LogP contribution in [0.4, 0.5) is 5.69 Å². The normalized spacial score (nSPS) is 21.8. The third-order valence-electron chi connectivity index (χ3n) is 5.89. The topological polar surface area (TPSA) is 44.8 Å². The highest BCUT2D eigenvalue weighted by atomic mass is 16.5. The molecule has 1 atom stereocenters. The molecule has 0 saturated carbocycles. The van der Waals surface area contributed by atoms with Gasteiger partial charge in [0.15, 0.2) is 0 Å². The zero-order chi connectivity index (χ0) is 17.9. The SMILES string of the molecule is C[C@H](NCC1(N(C)C)CCOCC1)c1ccc(N2CCCC2=O)cc1. The van der Waals surface area contributed by atoms with Crippen molar-refractivity contribution in [3.63, 3.8) is 0 Å². The largest absolute Gasteiger partial charge is 0.381 e. The lowest BCUT2D eigenvalue weighted by Gasteiger charge is -2.43. The van der Waals surface area contributed by atoms with Gasteiger partial charge in [0.2, 0.25) is 5.91 Å². The fourth-order valence-electron chi connectivity index (χ4n) is 3.86. The Morgan fingerprint density at radius 1 is 1.24 bits per heavy atom. The van der Waals surface area contributed by atoms with E-state index in [0.717, 1.165) is 51.3 Å². The van der Waals surface area contributed by atoms with Gasteiger partial charge in [0.05, 0.1) is 0 Å². The van der Waals surface area contributed by atoms with Crippen molar-refractivity contribution in [3.05, 3.63) is 29.8 Å². The summed E-state index contributed by atoms with van der Waals surface area (Å²) in [5.74, 6) is 0.242. The quantitative estimate of drug-likeness (QED) is 0.861. The second-order valence-corrected chi connectivity index (χ2v) is 7.57. The third-order valence-corrected chi connectivity index (χ3v) is 5.89. The van der Waals surface area contributed by atoms with Gasteiger partial charge in [-0.2, -0.15) is 0 Å². The van der Waals surface area contributed by atoms with Gasteiger partial charge >= 0.3 is 0 Å². The molecule has 2 aliphatic heterocycles. The van der Waals surface area contributed by atoms with Crippen LogP contribution in [0.5, 0.6) is 0 Å². The molecular formula is C20H31N3O2. The van der Waals surface area contributed by atoms with Gasteiger partial charge in [0.1, 0.15) is 0 Å². The van der Waals surface area contributed by atoms with E-state index in [1.54, 1.807) is 0 Å². The zero-order valence-corrected chi connectivity index (χ0v) is 15.8. The van der Waals surface area contributed by atoms with E-state index >= 15 is 0 Å². The van der Waals surface area contributed by atoms with E-state index in [2.05, 4.69) is 55.5 Å².